The van der Waals surface area contributed by atoms with Gasteiger partial charge in [0.2, 0.25) is 5.91 Å². The molecule has 2 aromatic rings. The van der Waals surface area contributed by atoms with Gasteiger partial charge in [-0.15, -0.1) is 0 Å². The molecule has 2 amide bonds. The third-order valence-electron chi connectivity index (χ3n) is 3.89. The molecule has 0 aliphatic carbocycles. The highest BCUT2D eigenvalue weighted by Crippen LogP contribution is 2.29. The van der Waals surface area contributed by atoms with Crippen LogP contribution in [0.15, 0.2) is 47.4 Å². The summed E-state index contributed by atoms with van der Waals surface area (Å²) in [5.74, 6) is -1.50. The molecule has 0 saturated carbocycles. The monoisotopic (exact) mass is 375 g/mol. The van der Waals surface area contributed by atoms with Crippen molar-refractivity contribution in [3.63, 3.8) is 0 Å². The number of nitrogens with zero attached hydrogens (tertiary/aromatic N) is 2. The van der Waals surface area contributed by atoms with E-state index in [1.807, 2.05) is 0 Å². The molecular weight excluding hydrogens is 362 g/mol. The molecule has 0 atom stereocenters. The van der Waals surface area contributed by atoms with Gasteiger partial charge in [-0.3, -0.25) is 19.7 Å². The molecule has 10 heteroatoms. The predicted octanol–water partition coefficient (Wildman–Crippen LogP) is 1.69. The van der Waals surface area contributed by atoms with E-state index < -0.39 is 33.3 Å². The lowest BCUT2D eigenvalue weighted by Crippen LogP contribution is -2.37. The van der Waals surface area contributed by atoms with Crippen LogP contribution >= 0.6 is 0 Å². The number of benzene rings is 2. The summed E-state index contributed by atoms with van der Waals surface area (Å²) in [7, 11) is -4.08. The van der Waals surface area contributed by atoms with Crippen molar-refractivity contribution in [2.24, 2.45) is 0 Å². The lowest BCUT2D eigenvalue weighted by atomic mass is 10.2. The summed E-state index contributed by atoms with van der Waals surface area (Å²) in [5, 5.41) is 13.2. The highest BCUT2D eigenvalue weighted by Gasteiger charge is 2.41. The van der Waals surface area contributed by atoms with Gasteiger partial charge in [0, 0.05) is 17.8 Å². The maximum atomic E-state index is 12.4. The maximum Gasteiger partial charge on any atom is 0.269 e. The first kappa shape index (κ1) is 17.5. The number of nitro benzene ring substituents is 1. The van der Waals surface area contributed by atoms with Gasteiger partial charge in [0.15, 0.2) is 0 Å². The SMILES string of the molecule is Cc1cc([N+](=O)[O-])ccc1NC(=O)CN1C(=O)c2ccccc2S1(=O)=O. The van der Waals surface area contributed by atoms with E-state index >= 15 is 0 Å². The van der Waals surface area contributed by atoms with Crippen molar-refractivity contribution in [1.82, 2.24) is 4.31 Å². The first-order valence-electron chi connectivity index (χ1n) is 7.43. The molecule has 0 saturated heterocycles. The van der Waals surface area contributed by atoms with E-state index in [4.69, 9.17) is 0 Å². The van der Waals surface area contributed by atoms with Gasteiger partial charge in [-0.1, -0.05) is 12.1 Å². The normalized spacial score (nSPS) is 14.8. The largest absolute Gasteiger partial charge is 0.324 e. The fraction of sp³-hybridized carbons (Fsp3) is 0.125. The molecule has 0 spiro atoms. The van der Waals surface area contributed by atoms with Crippen molar-refractivity contribution in [2.75, 3.05) is 11.9 Å². The van der Waals surface area contributed by atoms with Crippen LogP contribution in [-0.2, 0) is 14.8 Å². The van der Waals surface area contributed by atoms with Gasteiger partial charge in [0.25, 0.3) is 21.6 Å². The highest BCUT2D eigenvalue weighted by molar-refractivity contribution is 7.90. The molecule has 1 aliphatic heterocycles. The first-order chi connectivity index (χ1) is 12.2. The van der Waals surface area contributed by atoms with Crippen LogP contribution in [0, 0.1) is 17.0 Å². The molecule has 1 N–H and O–H groups in total. The van der Waals surface area contributed by atoms with Crippen LogP contribution < -0.4 is 5.32 Å². The topological polar surface area (TPSA) is 127 Å². The average molecular weight is 375 g/mol. The predicted molar refractivity (Wildman–Crippen MR) is 91.1 cm³/mol. The van der Waals surface area contributed by atoms with Gasteiger partial charge in [-0.2, -0.15) is 0 Å². The number of aryl methyl sites for hydroxylation is 1. The van der Waals surface area contributed by atoms with Crippen LogP contribution in [0.2, 0.25) is 0 Å². The summed E-state index contributed by atoms with van der Waals surface area (Å²) in [6.07, 6.45) is 0. The van der Waals surface area contributed by atoms with Crippen LogP contribution in [-0.4, -0.2) is 36.0 Å². The summed E-state index contributed by atoms with van der Waals surface area (Å²) in [5.41, 5.74) is 0.619. The minimum Gasteiger partial charge on any atom is -0.324 e. The van der Waals surface area contributed by atoms with Crippen molar-refractivity contribution in [3.05, 3.63) is 63.7 Å². The Morgan fingerprint density at radius 1 is 1.23 bits per heavy atom. The number of nitrogens with one attached hydrogen (secondary N) is 1. The first-order valence-corrected chi connectivity index (χ1v) is 8.87. The third-order valence-corrected chi connectivity index (χ3v) is 5.68. The number of hydrogen-bond donors (Lipinski definition) is 1. The number of anilines is 1. The Labute approximate surface area is 148 Å². The molecule has 9 nitrogen and oxygen atoms in total. The van der Waals surface area contributed by atoms with Crippen molar-refractivity contribution >= 4 is 33.2 Å². The number of amides is 2. The summed E-state index contributed by atoms with van der Waals surface area (Å²) >= 11 is 0. The molecule has 0 aromatic heterocycles. The van der Waals surface area contributed by atoms with Gasteiger partial charge in [-0.05, 0) is 30.7 Å². The molecule has 2 aromatic carbocycles. The van der Waals surface area contributed by atoms with Crippen LogP contribution in [0.1, 0.15) is 15.9 Å². The van der Waals surface area contributed by atoms with Crippen molar-refractivity contribution in [3.8, 4) is 0 Å². The van der Waals surface area contributed by atoms with Gasteiger partial charge >= 0.3 is 0 Å². The van der Waals surface area contributed by atoms with Gasteiger partial charge < -0.3 is 5.32 Å². The Balaban J connectivity index is 1.79. The molecule has 134 valence electrons. The molecule has 0 fully saturated rings. The highest BCUT2D eigenvalue weighted by atomic mass is 32.2. The summed E-state index contributed by atoms with van der Waals surface area (Å²) < 4.78 is 25.3. The zero-order chi connectivity index (χ0) is 19.1. The summed E-state index contributed by atoms with van der Waals surface area (Å²) in [4.78, 5) is 34.5. The van der Waals surface area contributed by atoms with Gasteiger partial charge in [0.1, 0.15) is 11.4 Å². The third kappa shape index (κ3) is 2.90. The number of nitro groups is 1. The van der Waals surface area contributed by atoms with Crippen LogP contribution in [0.4, 0.5) is 11.4 Å². The fourth-order valence-corrected chi connectivity index (χ4v) is 4.13. The second-order valence-electron chi connectivity index (χ2n) is 5.62. The minimum atomic E-state index is -4.08. The molecule has 1 aliphatic rings. The zero-order valence-electron chi connectivity index (χ0n) is 13.5. The van der Waals surface area contributed by atoms with E-state index in [1.165, 1.54) is 42.5 Å². The number of hydrogen-bond acceptors (Lipinski definition) is 6. The van der Waals surface area contributed by atoms with E-state index in [0.717, 1.165) is 0 Å². The molecule has 0 bridgehead atoms. The Hall–Kier alpha value is -3.27. The Bertz CT molecular complexity index is 1050. The molecule has 0 radical (unpaired) electrons. The number of carbonyl (C=O) groups excluding carboxylic acids is 2. The summed E-state index contributed by atoms with van der Waals surface area (Å²) in [6, 6.07) is 9.57. The lowest BCUT2D eigenvalue weighted by Gasteiger charge is -2.15. The molecular formula is C16H13N3O6S. The van der Waals surface area contributed by atoms with Crippen molar-refractivity contribution < 1.29 is 22.9 Å². The Kier molecular flexibility index (Phi) is 4.20. The smallest absolute Gasteiger partial charge is 0.269 e. The molecule has 1 heterocycles. The average Bonchev–Trinajstić information content (AvgIpc) is 2.78. The second kappa shape index (κ2) is 6.23. The Morgan fingerprint density at radius 3 is 2.54 bits per heavy atom. The van der Waals surface area contributed by atoms with Gasteiger partial charge in [-0.25, -0.2) is 12.7 Å². The second-order valence-corrected chi connectivity index (χ2v) is 7.45. The number of non-ortho nitro benzene ring substituents is 1. The fourth-order valence-electron chi connectivity index (χ4n) is 2.61. The molecule has 0 unspecified atom stereocenters. The van der Waals surface area contributed by atoms with E-state index in [0.29, 0.717) is 15.6 Å². The van der Waals surface area contributed by atoms with Crippen molar-refractivity contribution in [2.45, 2.75) is 11.8 Å². The summed E-state index contributed by atoms with van der Waals surface area (Å²) in [6.45, 7) is 0.877. The van der Waals surface area contributed by atoms with Crippen LogP contribution in [0.5, 0.6) is 0 Å². The zero-order valence-corrected chi connectivity index (χ0v) is 14.3. The van der Waals surface area contributed by atoms with E-state index in [9.17, 15) is 28.1 Å². The number of fused-ring (bicyclic) bond motifs is 1. The number of rotatable bonds is 4. The van der Waals surface area contributed by atoms with E-state index in [-0.39, 0.29) is 16.1 Å². The van der Waals surface area contributed by atoms with Gasteiger partial charge in [0.05, 0.1) is 10.5 Å². The van der Waals surface area contributed by atoms with Crippen LogP contribution in [0.3, 0.4) is 0 Å². The van der Waals surface area contributed by atoms with Crippen LogP contribution in [0.25, 0.3) is 0 Å². The molecule has 3 rings (SSSR count). The molecule has 26 heavy (non-hydrogen) atoms. The number of carbonyl (C=O) groups is 2. The lowest BCUT2D eigenvalue weighted by molar-refractivity contribution is -0.384. The van der Waals surface area contributed by atoms with Crippen molar-refractivity contribution in [1.29, 1.82) is 0 Å². The maximum absolute atomic E-state index is 12.4. The standard InChI is InChI=1S/C16H13N3O6S/c1-10-8-11(19(22)23)6-7-13(10)17-15(20)9-18-16(21)12-4-2-3-5-14(12)26(18,24)25/h2-8H,9H2,1H3,(H,17,20). The minimum absolute atomic E-state index is 0.0202. The Morgan fingerprint density at radius 2 is 1.92 bits per heavy atom. The quantitative estimate of drug-likeness (QED) is 0.640. The van der Waals surface area contributed by atoms with E-state index in [2.05, 4.69) is 5.32 Å². The number of sulfonamides is 1. The van der Waals surface area contributed by atoms with E-state index in [1.54, 1.807) is 6.92 Å².